The SMILES string of the molecule is CCC(=O)Oc1ccc(C=O)n1C. The van der Waals surface area contributed by atoms with E-state index in [2.05, 4.69) is 0 Å². The van der Waals surface area contributed by atoms with E-state index in [1.165, 1.54) is 4.57 Å². The Labute approximate surface area is 76.1 Å². The smallest absolute Gasteiger partial charge is 0.312 e. The molecule has 4 heteroatoms. The molecule has 0 fully saturated rings. The van der Waals surface area contributed by atoms with E-state index in [0.717, 1.165) is 0 Å². The summed E-state index contributed by atoms with van der Waals surface area (Å²) in [6, 6.07) is 3.20. The van der Waals surface area contributed by atoms with Gasteiger partial charge in [0.2, 0.25) is 5.88 Å². The number of carbonyl (C=O) groups is 2. The van der Waals surface area contributed by atoms with Crippen LogP contribution in [-0.4, -0.2) is 16.8 Å². The summed E-state index contributed by atoms with van der Waals surface area (Å²) in [6.07, 6.45) is 1.03. The molecule has 0 saturated heterocycles. The van der Waals surface area contributed by atoms with Crippen molar-refractivity contribution in [3.05, 3.63) is 17.8 Å². The molecule has 4 nitrogen and oxygen atoms in total. The lowest BCUT2D eigenvalue weighted by molar-refractivity contribution is -0.134. The maximum absolute atomic E-state index is 10.9. The highest BCUT2D eigenvalue weighted by molar-refractivity contribution is 5.75. The Morgan fingerprint density at radius 1 is 1.62 bits per heavy atom. The summed E-state index contributed by atoms with van der Waals surface area (Å²) in [7, 11) is 1.67. The Kier molecular flexibility index (Phi) is 2.84. The van der Waals surface area contributed by atoms with E-state index in [0.29, 0.717) is 24.3 Å². The lowest BCUT2D eigenvalue weighted by Crippen LogP contribution is -2.09. The Morgan fingerprint density at radius 3 is 2.77 bits per heavy atom. The van der Waals surface area contributed by atoms with Crippen molar-refractivity contribution in [2.75, 3.05) is 0 Å². The number of aldehydes is 1. The molecule has 0 saturated carbocycles. The van der Waals surface area contributed by atoms with Crippen LogP contribution < -0.4 is 4.74 Å². The highest BCUT2D eigenvalue weighted by atomic mass is 16.5. The van der Waals surface area contributed by atoms with Crippen LogP contribution in [0.2, 0.25) is 0 Å². The van der Waals surface area contributed by atoms with Crippen molar-refractivity contribution in [2.24, 2.45) is 7.05 Å². The van der Waals surface area contributed by atoms with Gasteiger partial charge in [0.05, 0.1) is 5.69 Å². The monoisotopic (exact) mass is 181 g/mol. The lowest BCUT2D eigenvalue weighted by Gasteiger charge is -2.03. The van der Waals surface area contributed by atoms with Crippen LogP contribution in [0, 0.1) is 0 Å². The summed E-state index contributed by atoms with van der Waals surface area (Å²) < 4.78 is 6.47. The van der Waals surface area contributed by atoms with Crippen LogP contribution in [0.15, 0.2) is 12.1 Å². The highest BCUT2D eigenvalue weighted by Crippen LogP contribution is 2.14. The first kappa shape index (κ1) is 9.51. The number of carbonyl (C=O) groups excluding carboxylic acids is 2. The van der Waals surface area contributed by atoms with E-state index >= 15 is 0 Å². The number of aromatic nitrogens is 1. The van der Waals surface area contributed by atoms with Crippen molar-refractivity contribution >= 4 is 12.3 Å². The predicted molar refractivity (Wildman–Crippen MR) is 46.7 cm³/mol. The van der Waals surface area contributed by atoms with Gasteiger partial charge < -0.3 is 9.30 Å². The first-order valence-corrected chi connectivity index (χ1v) is 4.00. The molecule has 0 amide bonds. The third-order valence-corrected chi connectivity index (χ3v) is 1.74. The summed E-state index contributed by atoms with van der Waals surface area (Å²) in [5.74, 6) is 0.0904. The summed E-state index contributed by atoms with van der Waals surface area (Å²) >= 11 is 0. The Hall–Kier alpha value is -1.58. The second-order valence-corrected chi connectivity index (χ2v) is 2.60. The standard InChI is InChI=1S/C9H11NO3/c1-3-9(12)13-8-5-4-7(6-11)10(8)2/h4-6H,3H2,1-2H3. The topological polar surface area (TPSA) is 48.3 Å². The van der Waals surface area contributed by atoms with Gasteiger partial charge >= 0.3 is 5.97 Å². The zero-order chi connectivity index (χ0) is 9.84. The molecule has 0 aliphatic rings. The molecule has 13 heavy (non-hydrogen) atoms. The zero-order valence-corrected chi connectivity index (χ0v) is 7.61. The fourth-order valence-corrected chi connectivity index (χ4v) is 0.917. The van der Waals surface area contributed by atoms with Gasteiger partial charge in [0.25, 0.3) is 0 Å². The molecule has 0 unspecified atom stereocenters. The van der Waals surface area contributed by atoms with Crippen LogP contribution in [-0.2, 0) is 11.8 Å². The van der Waals surface area contributed by atoms with Crippen LogP contribution in [0.5, 0.6) is 5.88 Å². The summed E-state index contributed by atoms with van der Waals surface area (Å²) in [6.45, 7) is 1.71. The highest BCUT2D eigenvalue weighted by Gasteiger charge is 2.07. The largest absolute Gasteiger partial charge is 0.409 e. The van der Waals surface area contributed by atoms with Gasteiger partial charge in [0.15, 0.2) is 6.29 Å². The Morgan fingerprint density at radius 2 is 2.31 bits per heavy atom. The minimum Gasteiger partial charge on any atom is -0.409 e. The second-order valence-electron chi connectivity index (χ2n) is 2.60. The minimum atomic E-state index is -0.307. The van der Waals surface area contributed by atoms with E-state index in [9.17, 15) is 9.59 Å². The van der Waals surface area contributed by atoms with E-state index < -0.39 is 0 Å². The fraction of sp³-hybridized carbons (Fsp3) is 0.333. The second kappa shape index (κ2) is 3.89. The summed E-state index contributed by atoms with van der Waals surface area (Å²) in [4.78, 5) is 21.3. The van der Waals surface area contributed by atoms with Gasteiger partial charge in [0.1, 0.15) is 0 Å². The number of hydrogen-bond donors (Lipinski definition) is 0. The Balaban J connectivity index is 2.84. The molecule has 0 N–H and O–H groups in total. The zero-order valence-electron chi connectivity index (χ0n) is 7.61. The Bertz CT molecular complexity index is 328. The maximum Gasteiger partial charge on any atom is 0.312 e. The van der Waals surface area contributed by atoms with Crippen molar-refractivity contribution in [1.29, 1.82) is 0 Å². The lowest BCUT2D eigenvalue weighted by atomic mass is 10.5. The van der Waals surface area contributed by atoms with Crippen molar-refractivity contribution in [1.82, 2.24) is 4.57 Å². The van der Waals surface area contributed by atoms with Gasteiger partial charge in [0, 0.05) is 19.5 Å². The van der Waals surface area contributed by atoms with Crippen molar-refractivity contribution in [3.8, 4) is 5.88 Å². The van der Waals surface area contributed by atoms with Crippen LogP contribution >= 0.6 is 0 Å². The maximum atomic E-state index is 10.9. The molecule has 0 aliphatic carbocycles. The van der Waals surface area contributed by atoms with Crippen molar-refractivity contribution < 1.29 is 14.3 Å². The van der Waals surface area contributed by atoms with E-state index in [-0.39, 0.29) is 5.97 Å². The van der Waals surface area contributed by atoms with E-state index in [1.54, 1.807) is 26.1 Å². The molecular weight excluding hydrogens is 170 g/mol. The van der Waals surface area contributed by atoms with Crippen LogP contribution in [0.3, 0.4) is 0 Å². The van der Waals surface area contributed by atoms with Gasteiger partial charge in [-0.3, -0.25) is 9.59 Å². The molecular formula is C9H11NO3. The molecule has 70 valence electrons. The third-order valence-electron chi connectivity index (χ3n) is 1.74. The average molecular weight is 181 g/mol. The minimum absolute atomic E-state index is 0.307. The molecule has 0 spiro atoms. The van der Waals surface area contributed by atoms with Crippen molar-refractivity contribution in [2.45, 2.75) is 13.3 Å². The van der Waals surface area contributed by atoms with Gasteiger partial charge in [-0.1, -0.05) is 6.92 Å². The molecule has 1 rings (SSSR count). The first-order chi connectivity index (χ1) is 6.19. The van der Waals surface area contributed by atoms with Crippen LogP contribution in [0.4, 0.5) is 0 Å². The van der Waals surface area contributed by atoms with Gasteiger partial charge in [-0.2, -0.15) is 0 Å². The molecule has 0 atom stereocenters. The van der Waals surface area contributed by atoms with E-state index in [1.807, 2.05) is 0 Å². The van der Waals surface area contributed by atoms with Gasteiger partial charge in [-0.05, 0) is 6.07 Å². The number of ether oxygens (including phenoxy) is 1. The van der Waals surface area contributed by atoms with Gasteiger partial charge in [-0.15, -0.1) is 0 Å². The predicted octanol–water partition coefficient (Wildman–Crippen LogP) is 1.15. The molecule has 1 aromatic rings. The normalized spacial score (nSPS) is 9.69. The summed E-state index contributed by atoms with van der Waals surface area (Å²) in [5.41, 5.74) is 0.485. The van der Waals surface area contributed by atoms with E-state index in [4.69, 9.17) is 4.74 Å². The summed E-state index contributed by atoms with van der Waals surface area (Å²) in [5, 5.41) is 0. The average Bonchev–Trinajstić information content (AvgIpc) is 2.48. The molecule has 0 bridgehead atoms. The third kappa shape index (κ3) is 1.96. The molecule has 0 aromatic carbocycles. The van der Waals surface area contributed by atoms with Crippen LogP contribution in [0.25, 0.3) is 0 Å². The number of esters is 1. The number of nitrogens with zero attached hydrogens (tertiary/aromatic N) is 1. The molecule has 1 aromatic heterocycles. The molecule has 1 heterocycles. The first-order valence-electron chi connectivity index (χ1n) is 4.00. The quantitative estimate of drug-likeness (QED) is 0.519. The molecule has 0 radical (unpaired) electrons. The molecule has 0 aliphatic heterocycles. The van der Waals surface area contributed by atoms with Crippen LogP contribution in [0.1, 0.15) is 23.8 Å². The number of rotatable bonds is 3. The van der Waals surface area contributed by atoms with Crippen molar-refractivity contribution in [3.63, 3.8) is 0 Å². The fourth-order valence-electron chi connectivity index (χ4n) is 0.917. The number of hydrogen-bond acceptors (Lipinski definition) is 3. The van der Waals surface area contributed by atoms with Gasteiger partial charge in [-0.25, -0.2) is 0 Å².